The van der Waals surface area contributed by atoms with Crippen molar-refractivity contribution in [2.24, 2.45) is 5.73 Å². The van der Waals surface area contributed by atoms with E-state index in [0.717, 1.165) is 31.2 Å². The molecule has 0 unspecified atom stereocenters. The van der Waals surface area contributed by atoms with E-state index < -0.39 is 0 Å². The van der Waals surface area contributed by atoms with Crippen molar-refractivity contribution >= 4 is 0 Å². The van der Waals surface area contributed by atoms with Crippen LogP contribution in [0.15, 0.2) is 22.7 Å². The number of hydrogen-bond donors (Lipinski definition) is 1. The number of hydrogen-bond acceptors (Lipinski definition) is 4. The van der Waals surface area contributed by atoms with Gasteiger partial charge in [0.15, 0.2) is 5.82 Å². The van der Waals surface area contributed by atoms with Gasteiger partial charge in [0.1, 0.15) is 0 Å². The molecule has 1 aromatic carbocycles. The maximum atomic E-state index is 6.35. The molecule has 1 saturated carbocycles. The molecule has 0 bridgehead atoms. The first-order valence-electron chi connectivity index (χ1n) is 6.79. The van der Waals surface area contributed by atoms with Crippen LogP contribution in [0.25, 0.3) is 11.5 Å². The zero-order valence-corrected chi connectivity index (χ0v) is 11.4. The van der Waals surface area contributed by atoms with E-state index in [2.05, 4.69) is 42.2 Å². The highest BCUT2D eigenvalue weighted by Crippen LogP contribution is 2.35. The van der Waals surface area contributed by atoms with Gasteiger partial charge in [-0.25, -0.2) is 0 Å². The summed E-state index contributed by atoms with van der Waals surface area (Å²) in [4.78, 5) is 4.51. The Hall–Kier alpha value is -1.68. The molecule has 1 aliphatic rings. The first kappa shape index (κ1) is 12.4. The number of aryl methyl sites for hydroxylation is 2. The van der Waals surface area contributed by atoms with Gasteiger partial charge in [-0.15, -0.1) is 0 Å². The minimum absolute atomic E-state index is 0.388. The lowest BCUT2D eigenvalue weighted by atomic mass is 9.98. The summed E-state index contributed by atoms with van der Waals surface area (Å²) < 4.78 is 5.40. The molecule has 0 radical (unpaired) electrons. The second-order valence-electron chi connectivity index (χ2n) is 5.66. The molecule has 0 saturated heterocycles. The second kappa shape index (κ2) is 4.46. The third-order valence-electron chi connectivity index (χ3n) is 3.84. The largest absolute Gasteiger partial charge is 0.334 e. The predicted octanol–water partition coefficient (Wildman–Crippen LogP) is 3.08. The van der Waals surface area contributed by atoms with Crippen LogP contribution in [-0.2, 0) is 5.54 Å². The Bertz CT molecular complexity index is 577. The third kappa shape index (κ3) is 2.28. The van der Waals surface area contributed by atoms with Crippen LogP contribution in [0, 0.1) is 13.8 Å². The van der Waals surface area contributed by atoms with Crippen LogP contribution in [0.4, 0.5) is 0 Å². The third-order valence-corrected chi connectivity index (χ3v) is 3.84. The first-order valence-corrected chi connectivity index (χ1v) is 6.79. The fraction of sp³-hybridized carbons (Fsp3) is 0.467. The summed E-state index contributed by atoms with van der Waals surface area (Å²) in [5.74, 6) is 1.22. The van der Waals surface area contributed by atoms with Crippen molar-refractivity contribution in [3.8, 4) is 11.5 Å². The van der Waals surface area contributed by atoms with Gasteiger partial charge in [-0.05, 0) is 38.8 Å². The lowest BCUT2D eigenvalue weighted by Gasteiger charge is -2.17. The SMILES string of the molecule is Cc1cc(C)cc(-c2nc(C3(N)CCCC3)no2)c1. The number of rotatable bonds is 2. The van der Waals surface area contributed by atoms with Gasteiger partial charge in [0.05, 0.1) is 5.54 Å². The Kier molecular flexibility index (Phi) is 2.90. The quantitative estimate of drug-likeness (QED) is 0.897. The minimum Gasteiger partial charge on any atom is -0.334 e. The zero-order chi connectivity index (χ0) is 13.5. The Labute approximate surface area is 113 Å². The monoisotopic (exact) mass is 257 g/mol. The fourth-order valence-electron chi connectivity index (χ4n) is 2.87. The van der Waals surface area contributed by atoms with E-state index in [0.29, 0.717) is 11.7 Å². The molecule has 0 atom stereocenters. The van der Waals surface area contributed by atoms with Crippen LogP contribution in [0.2, 0.25) is 0 Å². The van der Waals surface area contributed by atoms with Crippen molar-refractivity contribution in [1.29, 1.82) is 0 Å². The van der Waals surface area contributed by atoms with Crippen LogP contribution in [0.5, 0.6) is 0 Å². The van der Waals surface area contributed by atoms with Gasteiger partial charge in [-0.1, -0.05) is 35.2 Å². The Morgan fingerprint density at radius 2 is 1.74 bits per heavy atom. The molecule has 1 heterocycles. The average molecular weight is 257 g/mol. The van der Waals surface area contributed by atoms with Crippen LogP contribution in [-0.4, -0.2) is 10.1 Å². The highest BCUT2D eigenvalue weighted by molar-refractivity contribution is 5.55. The molecule has 0 aliphatic heterocycles. The van der Waals surface area contributed by atoms with Gasteiger partial charge in [-0.3, -0.25) is 0 Å². The number of nitrogens with zero attached hydrogens (tertiary/aromatic N) is 2. The molecule has 4 heteroatoms. The molecule has 2 aromatic rings. The molecular formula is C15H19N3O. The summed E-state index contributed by atoms with van der Waals surface area (Å²) in [6.07, 6.45) is 4.17. The van der Waals surface area contributed by atoms with Crippen molar-refractivity contribution in [1.82, 2.24) is 10.1 Å². The minimum atomic E-state index is -0.388. The highest BCUT2D eigenvalue weighted by Gasteiger charge is 2.36. The molecule has 4 nitrogen and oxygen atoms in total. The topological polar surface area (TPSA) is 64.9 Å². The maximum Gasteiger partial charge on any atom is 0.258 e. The van der Waals surface area contributed by atoms with Gasteiger partial charge in [0.25, 0.3) is 5.89 Å². The Morgan fingerprint density at radius 3 is 2.37 bits per heavy atom. The fourth-order valence-corrected chi connectivity index (χ4v) is 2.87. The summed E-state index contributed by atoms with van der Waals surface area (Å²) in [7, 11) is 0. The van der Waals surface area contributed by atoms with Gasteiger partial charge in [-0.2, -0.15) is 4.98 Å². The number of benzene rings is 1. The standard InChI is InChI=1S/C15H19N3O/c1-10-7-11(2)9-12(8-10)13-17-14(18-19-13)15(16)5-3-4-6-15/h7-9H,3-6,16H2,1-2H3. The van der Waals surface area contributed by atoms with Crippen molar-refractivity contribution in [2.45, 2.75) is 45.1 Å². The van der Waals surface area contributed by atoms with Gasteiger partial charge in [0.2, 0.25) is 0 Å². The van der Waals surface area contributed by atoms with Crippen molar-refractivity contribution in [3.05, 3.63) is 35.2 Å². The molecule has 1 aliphatic carbocycles. The molecule has 1 aromatic heterocycles. The summed E-state index contributed by atoms with van der Waals surface area (Å²) >= 11 is 0. The molecule has 19 heavy (non-hydrogen) atoms. The van der Waals surface area contributed by atoms with Crippen LogP contribution >= 0.6 is 0 Å². The first-order chi connectivity index (χ1) is 9.07. The predicted molar refractivity (Wildman–Crippen MR) is 73.5 cm³/mol. The molecule has 3 rings (SSSR count). The zero-order valence-electron chi connectivity index (χ0n) is 11.4. The van der Waals surface area contributed by atoms with E-state index in [4.69, 9.17) is 10.3 Å². The molecule has 0 spiro atoms. The molecule has 0 amide bonds. The van der Waals surface area contributed by atoms with Crippen LogP contribution in [0.1, 0.15) is 42.6 Å². The smallest absolute Gasteiger partial charge is 0.258 e. The Balaban J connectivity index is 1.96. The molecule has 2 N–H and O–H groups in total. The summed E-state index contributed by atoms with van der Waals surface area (Å²) in [5.41, 5.74) is 9.31. The summed E-state index contributed by atoms with van der Waals surface area (Å²) in [6.45, 7) is 4.13. The summed E-state index contributed by atoms with van der Waals surface area (Å²) in [6, 6.07) is 6.24. The van der Waals surface area contributed by atoms with Gasteiger partial charge >= 0.3 is 0 Å². The van der Waals surface area contributed by atoms with E-state index in [-0.39, 0.29) is 5.54 Å². The number of nitrogens with two attached hydrogens (primary N) is 1. The number of aromatic nitrogens is 2. The summed E-state index contributed by atoms with van der Waals surface area (Å²) in [5, 5.41) is 4.09. The molecular weight excluding hydrogens is 238 g/mol. The van der Waals surface area contributed by atoms with Crippen molar-refractivity contribution < 1.29 is 4.52 Å². The van der Waals surface area contributed by atoms with Crippen molar-refractivity contribution in [2.75, 3.05) is 0 Å². The van der Waals surface area contributed by atoms with E-state index in [1.807, 2.05) is 0 Å². The molecule has 100 valence electrons. The van der Waals surface area contributed by atoms with E-state index >= 15 is 0 Å². The van der Waals surface area contributed by atoms with Crippen LogP contribution < -0.4 is 5.73 Å². The highest BCUT2D eigenvalue weighted by atomic mass is 16.5. The van der Waals surface area contributed by atoms with E-state index in [1.165, 1.54) is 11.1 Å². The normalized spacial score (nSPS) is 17.8. The second-order valence-corrected chi connectivity index (χ2v) is 5.66. The lowest BCUT2D eigenvalue weighted by Crippen LogP contribution is -2.34. The Morgan fingerprint density at radius 1 is 1.11 bits per heavy atom. The van der Waals surface area contributed by atoms with Crippen LogP contribution in [0.3, 0.4) is 0 Å². The maximum absolute atomic E-state index is 6.35. The molecule has 1 fully saturated rings. The van der Waals surface area contributed by atoms with Gasteiger partial charge < -0.3 is 10.3 Å². The van der Waals surface area contributed by atoms with E-state index in [1.54, 1.807) is 0 Å². The lowest BCUT2D eigenvalue weighted by molar-refractivity contribution is 0.372. The van der Waals surface area contributed by atoms with Gasteiger partial charge in [0, 0.05) is 5.56 Å². The van der Waals surface area contributed by atoms with E-state index in [9.17, 15) is 0 Å². The average Bonchev–Trinajstić information content (AvgIpc) is 2.96. The van der Waals surface area contributed by atoms with Crippen molar-refractivity contribution in [3.63, 3.8) is 0 Å².